The fourth-order valence-electron chi connectivity index (χ4n) is 1.97. The van der Waals surface area contributed by atoms with E-state index >= 15 is 0 Å². The lowest BCUT2D eigenvalue weighted by molar-refractivity contribution is 0.449. The van der Waals surface area contributed by atoms with Crippen molar-refractivity contribution in [2.75, 3.05) is 19.0 Å². The van der Waals surface area contributed by atoms with E-state index < -0.39 is 0 Å². The summed E-state index contributed by atoms with van der Waals surface area (Å²) >= 11 is 0. The Balaban J connectivity index is 2.66. The molecule has 1 N–H and O–H groups in total. The van der Waals surface area contributed by atoms with Crippen LogP contribution < -0.4 is 10.2 Å². The molecule has 0 aliphatic carbocycles. The molecule has 0 heterocycles. The molecule has 2 atom stereocenters. The molecule has 18 heavy (non-hydrogen) atoms. The van der Waals surface area contributed by atoms with Gasteiger partial charge in [-0.3, -0.25) is 0 Å². The second-order valence-corrected chi connectivity index (χ2v) is 4.89. The van der Waals surface area contributed by atoms with Crippen molar-refractivity contribution in [1.82, 2.24) is 5.32 Å². The SMILES string of the molecule is C#CCC(CC)NC(C)c1ccc(N(C)C)cc1. The smallest absolute Gasteiger partial charge is 0.0361 e. The number of nitrogens with one attached hydrogen (secondary N) is 1. The minimum Gasteiger partial charge on any atom is -0.378 e. The molecule has 0 radical (unpaired) electrons. The molecule has 1 rings (SSSR count). The van der Waals surface area contributed by atoms with Crippen LogP contribution in [0.15, 0.2) is 24.3 Å². The molecule has 0 aliphatic rings. The van der Waals surface area contributed by atoms with Gasteiger partial charge in [-0.25, -0.2) is 0 Å². The maximum absolute atomic E-state index is 5.38. The van der Waals surface area contributed by atoms with Crippen molar-refractivity contribution in [3.63, 3.8) is 0 Å². The number of nitrogens with zero attached hydrogens (tertiary/aromatic N) is 1. The molecule has 2 nitrogen and oxygen atoms in total. The normalized spacial score (nSPS) is 13.7. The molecular formula is C16H24N2. The van der Waals surface area contributed by atoms with Crippen molar-refractivity contribution in [2.24, 2.45) is 0 Å². The van der Waals surface area contributed by atoms with Gasteiger partial charge in [0.05, 0.1) is 0 Å². The molecule has 0 saturated carbocycles. The van der Waals surface area contributed by atoms with Crippen LogP contribution in [0.3, 0.4) is 0 Å². The van der Waals surface area contributed by atoms with E-state index in [9.17, 15) is 0 Å². The average Bonchev–Trinajstić information content (AvgIpc) is 2.38. The summed E-state index contributed by atoms with van der Waals surface area (Å²) in [4.78, 5) is 2.11. The van der Waals surface area contributed by atoms with Crippen LogP contribution in [0.2, 0.25) is 0 Å². The molecular weight excluding hydrogens is 220 g/mol. The zero-order valence-corrected chi connectivity index (χ0v) is 11.9. The van der Waals surface area contributed by atoms with Crippen LogP contribution in [0.1, 0.15) is 38.3 Å². The van der Waals surface area contributed by atoms with Gasteiger partial charge >= 0.3 is 0 Å². The summed E-state index contributed by atoms with van der Waals surface area (Å²) in [5, 5.41) is 3.58. The first-order valence-electron chi connectivity index (χ1n) is 6.55. The van der Waals surface area contributed by atoms with Gasteiger partial charge < -0.3 is 10.2 Å². The third-order valence-electron chi connectivity index (χ3n) is 3.25. The lowest BCUT2D eigenvalue weighted by Crippen LogP contribution is -2.30. The summed E-state index contributed by atoms with van der Waals surface area (Å²) < 4.78 is 0. The Bertz CT molecular complexity index is 387. The van der Waals surface area contributed by atoms with E-state index in [0.29, 0.717) is 12.1 Å². The van der Waals surface area contributed by atoms with E-state index in [4.69, 9.17) is 6.42 Å². The van der Waals surface area contributed by atoms with Crippen molar-refractivity contribution < 1.29 is 0 Å². The van der Waals surface area contributed by atoms with Crippen molar-refractivity contribution >= 4 is 5.69 Å². The summed E-state index contributed by atoms with van der Waals surface area (Å²) in [6, 6.07) is 9.38. The molecule has 0 saturated heterocycles. The predicted octanol–water partition coefficient (Wildman–Crippen LogP) is 3.21. The zero-order chi connectivity index (χ0) is 13.5. The van der Waals surface area contributed by atoms with Crippen LogP contribution >= 0.6 is 0 Å². The molecule has 0 bridgehead atoms. The molecule has 0 spiro atoms. The van der Waals surface area contributed by atoms with Gasteiger partial charge in [0, 0.05) is 38.3 Å². The standard InChI is InChI=1S/C16H24N2/c1-6-8-15(7-2)17-13(3)14-9-11-16(12-10-14)18(4)5/h1,9-13,15,17H,7-8H2,2-5H3. The largest absolute Gasteiger partial charge is 0.378 e. The average molecular weight is 244 g/mol. The number of hydrogen-bond acceptors (Lipinski definition) is 2. The second kappa shape index (κ2) is 7.08. The molecule has 0 aliphatic heterocycles. The fraction of sp³-hybridized carbons (Fsp3) is 0.500. The number of rotatable bonds is 6. The van der Waals surface area contributed by atoms with Crippen LogP contribution in [-0.2, 0) is 0 Å². The summed E-state index contributed by atoms with van der Waals surface area (Å²) in [7, 11) is 4.10. The van der Waals surface area contributed by atoms with E-state index in [0.717, 1.165) is 12.8 Å². The van der Waals surface area contributed by atoms with Gasteiger partial charge in [-0.15, -0.1) is 12.3 Å². The van der Waals surface area contributed by atoms with Crippen molar-refractivity contribution in [3.8, 4) is 12.3 Å². The first-order chi connectivity index (χ1) is 8.58. The van der Waals surface area contributed by atoms with Crippen LogP contribution in [0, 0.1) is 12.3 Å². The predicted molar refractivity (Wildman–Crippen MR) is 79.8 cm³/mol. The highest BCUT2D eigenvalue weighted by Gasteiger charge is 2.10. The summed E-state index contributed by atoms with van der Waals surface area (Å²) in [6.45, 7) is 4.35. The Morgan fingerprint density at radius 3 is 2.33 bits per heavy atom. The van der Waals surface area contributed by atoms with Crippen LogP contribution in [0.4, 0.5) is 5.69 Å². The molecule has 1 aromatic rings. The van der Waals surface area contributed by atoms with Gasteiger partial charge in [0.15, 0.2) is 0 Å². The van der Waals surface area contributed by atoms with E-state index in [1.807, 2.05) is 0 Å². The Hall–Kier alpha value is -1.46. The van der Waals surface area contributed by atoms with Gasteiger partial charge in [-0.05, 0) is 31.0 Å². The summed E-state index contributed by atoms with van der Waals surface area (Å²) in [5.41, 5.74) is 2.53. The Morgan fingerprint density at radius 2 is 1.89 bits per heavy atom. The topological polar surface area (TPSA) is 15.3 Å². The minimum atomic E-state index is 0.333. The molecule has 2 heteroatoms. The maximum atomic E-state index is 5.38. The Labute approximate surface area is 111 Å². The van der Waals surface area contributed by atoms with E-state index in [-0.39, 0.29) is 0 Å². The van der Waals surface area contributed by atoms with Gasteiger partial charge in [-0.2, -0.15) is 0 Å². The molecule has 2 unspecified atom stereocenters. The maximum Gasteiger partial charge on any atom is 0.0361 e. The lowest BCUT2D eigenvalue weighted by Gasteiger charge is -2.22. The van der Waals surface area contributed by atoms with E-state index in [2.05, 4.69) is 68.3 Å². The third kappa shape index (κ3) is 4.09. The first kappa shape index (κ1) is 14.6. The third-order valence-corrected chi connectivity index (χ3v) is 3.25. The van der Waals surface area contributed by atoms with Crippen LogP contribution in [0.5, 0.6) is 0 Å². The number of hydrogen-bond donors (Lipinski definition) is 1. The lowest BCUT2D eigenvalue weighted by atomic mass is 10.0. The van der Waals surface area contributed by atoms with Gasteiger partial charge in [0.25, 0.3) is 0 Å². The van der Waals surface area contributed by atoms with Gasteiger partial charge in [-0.1, -0.05) is 19.1 Å². The van der Waals surface area contributed by atoms with Crippen molar-refractivity contribution in [3.05, 3.63) is 29.8 Å². The number of terminal acetylenes is 1. The monoisotopic (exact) mass is 244 g/mol. The van der Waals surface area contributed by atoms with Crippen molar-refractivity contribution in [2.45, 2.75) is 38.8 Å². The summed E-state index contributed by atoms with van der Waals surface area (Å²) in [6.07, 6.45) is 7.23. The van der Waals surface area contributed by atoms with E-state index in [1.165, 1.54) is 11.3 Å². The summed E-state index contributed by atoms with van der Waals surface area (Å²) in [5.74, 6) is 2.73. The highest BCUT2D eigenvalue weighted by molar-refractivity contribution is 5.46. The Morgan fingerprint density at radius 1 is 1.28 bits per heavy atom. The van der Waals surface area contributed by atoms with Gasteiger partial charge in [0.1, 0.15) is 0 Å². The second-order valence-electron chi connectivity index (χ2n) is 4.89. The molecule has 98 valence electrons. The zero-order valence-electron chi connectivity index (χ0n) is 11.9. The quantitative estimate of drug-likeness (QED) is 0.773. The number of anilines is 1. The van der Waals surface area contributed by atoms with E-state index in [1.54, 1.807) is 0 Å². The fourth-order valence-corrected chi connectivity index (χ4v) is 1.97. The highest BCUT2D eigenvalue weighted by Crippen LogP contribution is 2.18. The van der Waals surface area contributed by atoms with Crippen LogP contribution in [0.25, 0.3) is 0 Å². The minimum absolute atomic E-state index is 0.333. The Kier molecular flexibility index (Phi) is 5.74. The first-order valence-corrected chi connectivity index (χ1v) is 6.55. The number of benzene rings is 1. The highest BCUT2D eigenvalue weighted by atomic mass is 15.1. The molecule has 0 aromatic heterocycles. The van der Waals surface area contributed by atoms with Gasteiger partial charge in [0.2, 0.25) is 0 Å². The molecule has 1 aromatic carbocycles. The van der Waals surface area contributed by atoms with Crippen LogP contribution in [-0.4, -0.2) is 20.1 Å². The van der Waals surface area contributed by atoms with Crippen molar-refractivity contribution in [1.29, 1.82) is 0 Å². The molecule has 0 amide bonds. The molecule has 0 fully saturated rings.